The molecule has 1 atom stereocenters. The van der Waals surface area contributed by atoms with E-state index in [4.69, 9.17) is 19.0 Å². The molecule has 0 amide bonds. The Balaban J connectivity index is 1.69. The van der Waals surface area contributed by atoms with Crippen LogP contribution in [-0.2, 0) is 16.2 Å². The number of nitrogens with zero attached hydrogens (tertiary/aromatic N) is 1. The maximum Gasteiger partial charge on any atom is 0.232 e. The summed E-state index contributed by atoms with van der Waals surface area (Å²) in [6.45, 7) is 3.03. The van der Waals surface area contributed by atoms with Crippen LogP contribution in [0.5, 0.6) is 11.5 Å². The van der Waals surface area contributed by atoms with Crippen molar-refractivity contribution in [3.05, 3.63) is 59.7 Å². The van der Waals surface area contributed by atoms with Crippen molar-refractivity contribution in [3.63, 3.8) is 0 Å². The number of rotatable bonds is 7. The van der Waals surface area contributed by atoms with Crippen LogP contribution in [0.2, 0.25) is 0 Å². The smallest absolute Gasteiger partial charge is 0.232 e. The number of hydrogen-bond acceptors (Lipinski definition) is 5. The topological polar surface area (TPSA) is 49.3 Å². The van der Waals surface area contributed by atoms with E-state index in [9.17, 15) is 0 Å². The molecule has 1 aliphatic rings. The van der Waals surface area contributed by atoms with Gasteiger partial charge in [-0.05, 0) is 30.7 Å². The molecule has 24 heavy (non-hydrogen) atoms. The lowest BCUT2D eigenvalue weighted by Gasteiger charge is -2.12. The Bertz CT molecular complexity index is 700. The molecule has 1 aliphatic heterocycles. The highest BCUT2D eigenvalue weighted by molar-refractivity contribution is 6.01. The number of hydrogen-bond donors (Lipinski definition) is 0. The first-order chi connectivity index (χ1) is 11.8. The van der Waals surface area contributed by atoms with Crippen molar-refractivity contribution in [1.29, 1.82) is 0 Å². The van der Waals surface area contributed by atoms with Gasteiger partial charge >= 0.3 is 0 Å². The van der Waals surface area contributed by atoms with E-state index in [-0.39, 0.29) is 6.29 Å². The lowest BCUT2D eigenvalue weighted by molar-refractivity contribution is -0.120. The fourth-order valence-corrected chi connectivity index (χ4v) is 2.50. The molecule has 0 bridgehead atoms. The van der Waals surface area contributed by atoms with Gasteiger partial charge in [0.05, 0.1) is 19.2 Å². The van der Waals surface area contributed by atoms with E-state index in [1.807, 2.05) is 55.5 Å². The summed E-state index contributed by atoms with van der Waals surface area (Å²) in [6, 6.07) is 15.8. The highest BCUT2D eigenvalue weighted by atomic mass is 16.8. The van der Waals surface area contributed by atoms with Crippen LogP contribution in [0.15, 0.2) is 53.7 Å². The standard InChI is InChI=1S/C19H21NO4/c1-3-22-19-12-16(20-24-19)15-9-10-17(18(11-15)21-2)23-13-14-7-5-4-6-8-14/h4-11,19H,3,12-13H2,1-2H3. The molecule has 0 aliphatic carbocycles. The molecule has 1 unspecified atom stereocenters. The van der Waals surface area contributed by atoms with E-state index in [1.54, 1.807) is 7.11 Å². The zero-order valence-electron chi connectivity index (χ0n) is 13.9. The first kappa shape index (κ1) is 16.3. The highest BCUT2D eigenvalue weighted by Gasteiger charge is 2.23. The Morgan fingerprint density at radius 2 is 1.96 bits per heavy atom. The minimum Gasteiger partial charge on any atom is -0.493 e. The first-order valence-electron chi connectivity index (χ1n) is 7.99. The Morgan fingerprint density at radius 3 is 2.71 bits per heavy atom. The van der Waals surface area contributed by atoms with Gasteiger partial charge < -0.3 is 19.0 Å². The van der Waals surface area contributed by atoms with E-state index < -0.39 is 0 Å². The molecule has 0 aromatic heterocycles. The van der Waals surface area contributed by atoms with Gasteiger partial charge in [-0.25, -0.2) is 0 Å². The first-order valence-corrected chi connectivity index (χ1v) is 7.99. The molecule has 0 saturated heterocycles. The predicted molar refractivity (Wildman–Crippen MR) is 91.4 cm³/mol. The molecule has 2 aromatic rings. The van der Waals surface area contributed by atoms with E-state index in [1.165, 1.54) is 0 Å². The minimum absolute atomic E-state index is 0.301. The molecule has 5 heteroatoms. The average Bonchev–Trinajstić information content (AvgIpc) is 3.10. The summed E-state index contributed by atoms with van der Waals surface area (Å²) < 4.78 is 16.8. The van der Waals surface area contributed by atoms with Gasteiger partial charge in [-0.15, -0.1) is 0 Å². The van der Waals surface area contributed by atoms with Crippen LogP contribution in [0.25, 0.3) is 0 Å². The minimum atomic E-state index is -0.301. The quantitative estimate of drug-likeness (QED) is 0.777. The van der Waals surface area contributed by atoms with Crippen LogP contribution in [-0.4, -0.2) is 25.7 Å². The third kappa shape index (κ3) is 3.86. The van der Waals surface area contributed by atoms with Crippen molar-refractivity contribution in [1.82, 2.24) is 0 Å². The van der Waals surface area contributed by atoms with Gasteiger partial charge in [0.15, 0.2) is 11.5 Å². The zero-order valence-corrected chi connectivity index (χ0v) is 13.9. The molecule has 0 spiro atoms. The lowest BCUT2D eigenvalue weighted by atomic mass is 10.1. The van der Waals surface area contributed by atoms with Gasteiger partial charge in [0, 0.05) is 12.2 Å². The van der Waals surface area contributed by atoms with Gasteiger partial charge in [0.25, 0.3) is 0 Å². The maximum absolute atomic E-state index is 5.87. The summed E-state index contributed by atoms with van der Waals surface area (Å²) in [6.07, 6.45) is 0.325. The molecule has 5 nitrogen and oxygen atoms in total. The summed E-state index contributed by atoms with van der Waals surface area (Å²) in [4.78, 5) is 5.26. The second-order valence-electron chi connectivity index (χ2n) is 5.37. The van der Waals surface area contributed by atoms with Crippen molar-refractivity contribution in [2.45, 2.75) is 26.2 Å². The Morgan fingerprint density at radius 1 is 1.12 bits per heavy atom. The maximum atomic E-state index is 5.87. The molecule has 0 fully saturated rings. The monoisotopic (exact) mass is 327 g/mol. The Hall–Kier alpha value is -2.53. The third-order valence-corrected chi connectivity index (χ3v) is 3.73. The van der Waals surface area contributed by atoms with Gasteiger partial charge in [-0.1, -0.05) is 35.5 Å². The molecule has 126 valence electrons. The number of oxime groups is 1. The molecule has 0 radical (unpaired) electrons. The van der Waals surface area contributed by atoms with E-state index in [0.717, 1.165) is 16.8 Å². The number of benzene rings is 2. The van der Waals surface area contributed by atoms with Crippen LogP contribution in [0.1, 0.15) is 24.5 Å². The van der Waals surface area contributed by atoms with Crippen molar-refractivity contribution < 1.29 is 19.0 Å². The highest BCUT2D eigenvalue weighted by Crippen LogP contribution is 2.30. The van der Waals surface area contributed by atoms with E-state index >= 15 is 0 Å². The lowest BCUT2D eigenvalue weighted by Crippen LogP contribution is -2.12. The Labute approximate surface area is 141 Å². The van der Waals surface area contributed by atoms with Crippen molar-refractivity contribution >= 4 is 5.71 Å². The van der Waals surface area contributed by atoms with Gasteiger partial charge in [0.1, 0.15) is 6.61 Å². The van der Waals surface area contributed by atoms with Crippen LogP contribution in [0.3, 0.4) is 0 Å². The van der Waals surface area contributed by atoms with Crippen LogP contribution in [0.4, 0.5) is 0 Å². The zero-order chi connectivity index (χ0) is 16.8. The second kappa shape index (κ2) is 7.84. The molecule has 2 aromatic carbocycles. The molecular formula is C19H21NO4. The third-order valence-electron chi connectivity index (χ3n) is 3.73. The summed E-state index contributed by atoms with van der Waals surface area (Å²) in [5.74, 6) is 1.37. The summed E-state index contributed by atoms with van der Waals surface area (Å²) in [7, 11) is 1.63. The number of methoxy groups -OCH3 is 1. The van der Waals surface area contributed by atoms with E-state index in [2.05, 4.69) is 5.16 Å². The molecule has 1 heterocycles. The van der Waals surface area contributed by atoms with Crippen LogP contribution in [0, 0.1) is 0 Å². The van der Waals surface area contributed by atoms with E-state index in [0.29, 0.717) is 31.1 Å². The predicted octanol–water partition coefficient (Wildman–Crippen LogP) is 3.76. The van der Waals surface area contributed by atoms with Crippen LogP contribution < -0.4 is 9.47 Å². The Kier molecular flexibility index (Phi) is 5.33. The summed E-state index contributed by atoms with van der Waals surface area (Å²) >= 11 is 0. The normalized spacial score (nSPS) is 16.4. The van der Waals surface area contributed by atoms with Crippen LogP contribution >= 0.6 is 0 Å². The van der Waals surface area contributed by atoms with Gasteiger partial charge in [0.2, 0.25) is 6.29 Å². The van der Waals surface area contributed by atoms with Gasteiger partial charge in [-0.2, -0.15) is 0 Å². The fraction of sp³-hybridized carbons (Fsp3) is 0.316. The largest absolute Gasteiger partial charge is 0.493 e. The van der Waals surface area contributed by atoms with Crippen molar-refractivity contribution in [2.75, 3.05) is 13.7 Å². The molecule has 0 N–H and O–H groups in total. The SMILES string of the molecule is CCOC1CC(c2ccc(OCc3ccccc3)c(OC)c2)=NO1. The molecule has 3 rings (SSSR count). The average molecular weight is 327 g/mol. The molecule has 0 saturated carbocycles. The number of ether oxygens (including phenoxy) is 3. The van der Waals surface area contributed by atoms with Crippen molar-refractivity contribution in [3.8, 4) is 11.5 Å². The summed E-state index contributed by atoms with van der Waals surface area (Å²) in [5, 5.41) is 4.10. The van der Waals surface area contributed by atoms with Crippen molar-refractivity contribution in [2.24, 2.45) is 5.16 Å². The van der Waals surface area contributed by atoms with Gasteiger partial charge in [-0.3, -0.25) is 0 Å². The molecular weight excluding hydrogens is 306 g/mol. The summed E-state index contributed by atoms with van der Waals surface area (Å²) in [5.41, 5.74) is 2.90. The second-order valence-corrected chi connectivity index (χ2v) is 5.37. The fourth-order valence-electron chi connectivity index (χ4n) is 2.50.